The van der Waals surface area contributed by atoms with Gasteiger partial charge >= 0.3 is 0 Å². The Balaban J connectivity index is 1.53. The van der Waals surface area contributed by atoms with E-state index < -0.39 is 5.54 Å². The van der Waals surface area contributed by atoms with Crippen LogP contribution in [-0.2, 0) is 19.9 Å². The van der Waals surface area contributed by atoms with Crippen LogP contribution in [0.15, 0.2) is 53.0 Å². The summed E-state index contributed by atoms with van der Waals surface area (Å²) in [5.41, 5.74) is 2.51. The van der Waals surface area contributed by atoms with Crippen molar-refractivity contribution in [2.75, 3.05) is 30.0 Å². The van der Waals surface area contributed by atoms with Crippen molar-refractivity contribution in [3.05, 3.63) is 64.1 Å². The van der Waals surface area contributed by atoms with Crippen LogP contribution < -0.4 is 10.6 Å². The van der Waals surface area contributed by atoms with Gasteiger partial charge in [-0.2, -0.15) is 0 Å². The lowest BCUT2D eigenvalue weighted by atomic mass is 9.82. The van der Waals surface area contributed by atoms with Crippen molar-refractivity contribution in [3.63, 3.8) is 0 Å². The number of hydrogen-bond donors (Lipinski definition) is 2. The SMILES string of the molecule is Cc1cccc(NC(=O)CSCC(=O)NC2(c3cccc(Br)c3)CCOCC2)c1. The highest BCUT2D eigenvalue weighted by molar-refractivity contribution is 9.10. The third-order valence-electron chi connectivity index (χ3n) is 4.87. The quantitative estimate of drug-likeness (QED) is 0.626. The predicted octanol–water partition coefficient (Wildman–Crippen LogP) is 4.25. The van der Waals surface area contributed by atoms with E-state index >= 15 is 0 Å². The predicted molar refractivity (Wildman–Crippen MR) is 121 cm³/mol. The number of carbonyl (C=O) groups excluding carboxylic acids is 2. The largest absolute Gasteiger partial charge is 0.381 e. The zero-order valence-electron chi connectivity index (χ0n) is 16.4. The number of halogens is 1. The molecule has 0 aromatic heterocycles. The second-order valence-electron chi connectivity index (χ2n) is 7.16. The van der Waals surface area contributed by atoms with E-state index in [4.69, 9.17) is 4.74 Å². The number of benzene rings is 2. The Morgan fingerprint density at radius 2 is 1.79 bits per heavy atom. The molecular formula is C22H25BrN2O3S. The summed E-state index contributed by atoms with van der Waals surface area (Å²) in [5, 5.41) is 6.08. The van der Waals surface area contributed by atoms with Gasteiger partial charge in [0.2, 0.25) is 11.8 Å². The van der Waals surface area contributed by atoms with Gasteiger partial charge in [0.25, 0.3) is 0 Å². The van der Waals surface area contributed by atoms with Gasteiger partial charge in [-0.15, -0.1) is 11.8 Å². The number of amides is 2. The van der Waals surface area contributed by atoms with Gasteiger partial charge in [0.1, 0.15) is 0 Å². The number of aryl methyl sites for hydroxylation is 1. The van der Waals surface area contributed by atoms with Crippen LogP contribution in [0.5, 0.6) is 0 Å². The fraction of sp³-hybridized carbons (Fsp3) is 0.364. The van der Waals surface area contributed by atoms with Crippen molar-refractivity contribution < 1.29 is 14.3 Å². The van der Waals surface area contributed by atoms with Gasteiger partial charge in [-0.3, -0.25) is 9.59 Å². The zero-order chi connectivity index (χ0) is 20.7. The summed E-state index contributed by atoms with van der Waals surface area (Å²) in [4.78, 5) is 24.8. The number of thioether (sulfide) groups is 1. The molecule has 2 amide bonds. The molecule has 154 valence electrons. The van der Waals surface area contributed by atoms with Crippen molar-refractivity contribution in [3.8, 4) is 0 Å². The van der Waals surface area contributed by atoms with Crippen LogP contribution >= 0.6 is 27.7 Å². The van der Waals surface area contributed by atoms with Crippen molar-refractivity contribution >= 4 is 45.2 Å². The number of anilines is 1. The van der Waals surface area contributed by atoms with Crippen LogP contribution in [0.1, 0.15) is 24.0 Å². The molecule has 1 saturated heterocycles. The molecule has 0 bridgehead atoms. The minimum absolute atomic E-state index is 0.0692. The van der Waals surface area contributed by atoms with Gasteiger partial charge in [-0.25, -0.2) is 0 Å². The molecule has 2 N–H and O–H groups in total. The lowest BCUT2D eigenvalue weighted by molar-refractivity contribution is -0.122. The molecule has 3 rings (SSSR count). The first-order valence-corrected chi connectivity index (χ1v) is 11.5. The summed E-state index contributed by atoms with van der Waals surface area (Å²) in [5.74, 6) is 0.285. The van der Waals surface area contributed by atoms with Gasteiger partial charge in [-0.1, -0.05) is 40.2 Å². The van der Waals surface area contributed by atoms with Gasteiger partial charge in [0.15, 0.2) is 0 Å². The maximum absolute atomic E-state index is 12.6. The molecule has 29 heavy (non-hydrogen) atoms. The van der Waals surface area contributed by atoms with E-state index in [1.165, 1.54) is 11.8 Å². The highest BCUT2D eigenvalue weighted by Crippen LogP contribution is 2.33. The highest BCUT2D eigenvalue weighted by atomic mass is 79.9. The molecule has 1 aliphatic rings. The van der Waals surface area contributed by atoms with E-state index in [9.17, 15) is 9.59 Å². The molecule has 7 heteroatoms. The minimum Gasteiger partial charge on any atom is -0.381 e. The minimum atomic E-state index is -0.427. The normalized spacial score (nSPS) is 15.5. The van der Waals surface area contributed by atoms with E-state index in [1.807, 2.05) is 55.5 Å². The number of ether oxygens (including phenoxy) is 1. The molecular weight excluding hydrogens is 452 g/mol. The maximum Gasteiger partial charge on any atom is 0.234 e. The van der Waals surface area contributed by atoms with Crippen LogP contribution in [0.4, 0.5) is 5.69 Å². The molecule has 0 radical (unpaired) electrons. The van der Waals surface area contributed by atoms with Crippen LogP contribution in [-0.4, -0.2) is 36.5 Å². The van der Waals surface area contributed by atoms with Gasteiger partial charge in [-0.05, 0) is 55.2 Å². The van der Waals surface area contributed by atoms with Crippen molar-refractivity contribution in [1.29, 1.82) is 0 Å². The summed E-state index contributed by atoms with van der Waals surface area (Å²) < 4.78 is 6.50. The average Bonchev–Trinajstić information content (AvgIpc) is 2.68. The molecule has 1 aliphatic heterocycles. The Kier molecular flexibility index (Phi) is 7.75. The number of nitrogens with one attached hydrogen (secondary N) is 2. The second kappa shape index (κ2) is 10.3. The first kappa shape index (κ1) is 21.9. The Bertz CT molecular complexity index is 869. The molecule has 0 aliphatic carbocycles. The molecule has 5 nitrogen and oxygen atoms in total. The van der Waals surface area contributed by atoms with Gasteiger partial charge in [0, 0.05) is 23.4 Å². The van der Waals surface area contributed by atoms with E-state index in [2.05, 4.69) is 26.6 Å². The van der Waals surface area contributed by atoms with Crippen LogP contribution in [0.3, 0.4) is 0 Å². The smallest absolute Gasteiger partial charge is 0.234 e. The highest BCUT2D eigenvalue weighted by Gasteiger charge is 2.36. The number of carbonyl (C=O) groups is 2. The first-order valence-electron chi connectivity index (χ1n) is 9.56. The summed E-state index contributed by atoms with van der Waals surface area (Å²) in [6.45, 7) is 3.20. The van der Waals surface area contributed by atoms with Crippen LogP contribution in [0.2, 0.25) is 0 Å². The molecule has 1 heterocycles. The summed E-state index contributed by atoms with van der Waals surface area (Å²) in [7, 11) is 0. The fourth-order valence-electron chi connectivity index (χ4n) is 3.45. The summed E-state index contributed by atoms with van der Waals surface area (Å²) in [6.07, 6.45) is 1.46. The maximum atomic E-state index is 12.6. The average molecular weight is 477 g/mol. The van der Waals surface area contributed by atoms with E-state index in [-0.39, 0.29) is 23.3 Å². The Hall–Kier alpha value is -1.83. The topological polar surface area (TPSA) is 67.4 Å². The van der Waals surface area contributed by atoms with Crippen molar-refractivity contribution in [2.45, 2.75) is 25.3 Å². The van der Waals surface area contributed by atoms with Crippen molar-refractivity contribution in [1.82, 2.24) is 5.32 Å². The van der Waals surface area contributed by atoms with E-state index in [0.29, 0.717) is 13.2 Å². The molecule has 1 fully saturated rings. The Morgan fingerprint density at radius 3 is 2.52 bits per heavy atom. The first-order chi connectivity index (χ1) is 14.0. The number of hydrogen-bond acceptors (Lipinski definition) is 4. The Morgan fingerprint density at radius 1 is 1.07 bits per heavy atom. The monoisotopic (exact) mass is 476 g/mol. The second-order valence-corrected chi connectivity index (χ2v) is 9.06. The zero-order valence-corrected chi connectivity index (χ0v) is 18.8. The van der Waals surface area contributed by atoms with Crippen LogP contribution in [0.25, 0.3) is 0 Å². The third kappa shape index (κ3) is 6.32. The van der Waals surface area contributed by atoms with E-state index in [0.717, 1.165) is 34.1 Å². The molecule has 0 saturated carbocycles. The molecule has 0 spiro atoms. The molecule has 2 aromatic carbocycles. The van der Waals surface area contributed by atoms with Gasteiger partial charge in [0.05, 0.1) is 17.0 Å². The molecule has 0 unspecified atom stereocenters. The van der Waals surface area contributed by atoms with Gasteiger partial charge < -0.3 is 15.4 Å². The standard InChI is InChI=1S/C22H25BrN2O3S/c1-16-4-2-7-19(12-16)24-20(26)14-29-15-21(27)25-22(8-10-28-11-9-22)17-5-3-6-18(23)13-17/h2-7,12-13H,8-11,14-15H2,1H3,(H,24,26)(H,25,27). The third-order valence-corrected chi connectivity index (χ3v) is 6.30. The van der Waals surface area contributed by atoms with E-state index in [1.54, 1.807) is 0 Å². The number of rotatable bonds is 7. The van der Waals surface area contributed by atoms with Crippen molar-refractivity contribution in [2.24, 2.45) is 0 Å². The lowest BCUT2D eigenvalue weighted by Gasteiger charge is -2.38. The summed E-state index contributed by atoms with van der Waals surface area (Å²) >= 11 is 4.83. The lowest BCUT2D eigenvalue weighted by Crippen LogP contribution is -2.50. The Labute approximate surface area is 184 Å². The summed E-state index contributed by atoms with van der Waals surface area (Å²) in [6, 6.07) is 15.7. The van der Waals surface area contributed by atoms with Crippen LogP contribution in [0, 0.1) is 6.92 Å². The molecule has 2 aromatic rings. The molecule has 0 atom stereocenters. The fourth-order valence-corrected chi connectivity index (χ4v) is 4.47.